The summed E-state index contributed by atoms with van der Waals surface area (Å²) in [6, 6.07) is 7.58. The zero-order chi connectivity index (χ0) is 26.6. The van der Waals surface area contributed by atoms with Crippen LogP contribution in [0.15, 0.2) is 56.5 Å². The van der Waals surface area contributed by atoms with E-state index in [-0.39, 0.29) is 10.6 Å². The highest BCUT2D eigenvalue weighted by atomic mass is 32.2. The molecule has 5 rings (SSSR count). The van der Waals surface area contributed by atoms with Crippen LogP contribution in [0, 0.1) is 5.92 Å². The van der Waals surface area contributed by atoms with E-state index >= 15 is 0 Å². The van der Waals surface area contributed by atoms with E-state index in [1.807, 2.05) is 0 Å². The number of nitrogens with zero attached hydrogens (tertiary/aromatic N) is 2. The van der Waals surface area contributed by atoms with Gasteiger partial charge in [-0.05, 0) is 35.7 Å². The fourth-order valence-corrected chi connectivity index (χ4v) is 8.56. The second-order valence-electron chi connectivity index (χ2n) is 8.15. The van der Waals surface area contributed by atoms with E-state index in [1.54, 1.807) is 17.5 Å². The van der Waals surface area contributed by atoms with E-state index < -0.39 is 62.3 Å². The van der Waals surface area contributed by atoms with Crippen molar-refractivity contribution < 1.29 is 27.6 Å². The maximum atomic E-state index is 13.1. The van der Waals surface area contributed by atoms with Crippen LogP contribution in [-0.2, 0) is 31.0 Å². The number of benzene rings is 1. The van der Waals surface area contributed by atoms with Gasteiger partial charge >= 0.3 is 10.9 Å². The molecule has 37 heavy (non-hydrogen) atoms. The molecule has 3 unspecified atom stereocenters. The largest absolute Gasteiger partial charge is 0.351 e. The maximum Gasteiger partial charge on any atom is 0.328 e. The minimum Gasteiger partial charge on any atom is -0.351 e. The standard InChI is InChI=1S/C21H17N5O7S4/c22-20(30)26-17(28)14-13(11-2-1-7-34-11)16-19(35-15(14)18(26)29)25(21(31)36-16)8-12(27)24-9-3-5-10(6-4-9)37(23,32)33/h1-7,13-15H,8H2,(H2,22,30)(H,24,27)(H2,23,32,33). The summed E-state index contributed by atoms with van der Waals surface area (Å²) in [6.45, 7) is -0.398. The van der Waals surface area contributed by atoms with Gasteiger partial charge in [0.2, 0.25) is 21.8 Å². The molecule has 1 fully saturated rings. The fourth-order valence-electron chi connectivity index (χ4n) is 4.32. The van der Waals surface area contributed by atoms with Crippen LogP contribution in [-0.4, -0.2) is 46.9 Å². The number of nitrogens with two attached hydrogens (primary N) is 2. The number of primary amides is 1. The number of imide groups is 3. The summed E-state index contributed by atoms with van der Waals surface area (Å²) in [4.78, 5) is 64.8. The van der Waals surface area contributed by atoms with Gasteiger partial charge in [-0.25, -0.2) is 18.4 Å². The molecule has 0 bridgehead atoms. The average Bonchev–Trinajstić information content (AvgIpc) is 3.51. The molecule has 0 radical (unpaired) electrons. The number of amides is 5. The Morgan fingerprint density at radius 1 is 1.05 bits per heavy atom. The van der Waals surface area contributed by atoms with Gasteiger partial charge in [0.15, 0.2) is 0 Å². The maximum absolute atomic E-state index is 13.1. The zero-order valence-electron chi connectivity index (χ0n) is 18.5. The van der Waals surface area contributed by atoms with Crippen LogP contribution < -0.4 is 21.1 Å². The highest BCUT2D eigenvalue weighted by molar-refractivity contribution is 8.00. The van der Waals surface area contributed by atoms with E-state index in [2.05, 4.69) is 5.32 Å². The number of sulfonamides is 1. The zero-order valence-corrected chi connectivity index (χ0v) is 21.8. The molecule has 0 spiro atoms. The fraction of sp³-hybridized carbons (Fsp3) is 0.190. The Labute approximate surface area is 221 Å². The second-order valence-corrected chi connectivity index (χ2v) is 12.8. The SMILES string of the molecule is NC(=O)N1C(=O)C2Sc3c(sc(=O)n3CC(=O)Nc3ccc(S(N)(=O)=O)cc3)C(c3cccs3)C2C1=O. The lowest BCUT2D eigenvalue weighted by molar-refractivity contribution is -0.135. The van der Waals surface area contributed by atoms with Crippen LogP contribution in [0.25, 0.3) is 0 Å². The number of carbonyl (C=O) groups excluding carboxylic acids is 4. The summed E-state index contributed by atoms with van der Waals surface area (Å²) in [7, 11) is -3.90. The number of urea groups is 1. The Bertz CT molecular complexity index is 1610. The summed E-state index contributed by atoms with van der Waals surface area (Å²) in [6.07, 6.45) is 0. The number of fused-ring (bicyclic) bond motifs is 2. The minimum atomic E-state index is -3.90. The third-order valence-corrected chi connectivity index (χ3v) is 10.4. The highest BCUT2D eigenvalue weighted by Gasteiger charge is 2.58. The van der Waals surface area contributed by atoms with E-state index in [1.165, 1.54) is 40.2 Å². The van der Waals surface area contributed by atoms with Crippen LogP contribution in [0.3, 0.4) is 0 Å². The van der Waals surface area contributed by atoms with Gasteiger partial charge in [-0.3, -0.25) is 23.7 Å². The molecule has 0 aliphatic carbocycles. The molecular formula is C21H17N5O7S4. The van der Waals surface area contributed by atoms with Crippen LogP contribution >= 0.6 is 34.4 Å². The predicted molar refractivity (Wildman–Crippen MR) is 136 cm³/mol. The molecule has 192 valence electrons. The Morgan fingerprint density at radius 2 is 1.76 bits per heavy atom. The normalized spacial score (nSPS) is 21.0. The van der Waals surface area contributed by atoms with Crippen molar-refractivity contribution in [3.05, 3.63) is 61.2 Å². The summed E-state index contributed by atoms with van der Waals surface area (Å²) in [5.41, 5.74) is 5.58. The first-order chi connectivity index (χ1) is 17.5. The summed E-state index contributed by atoms with van der Waals surface area (Å²) in [5, 5.41) is 8.84. The summed E-state index contributed by atoms with van der Waals surface area (Å²) >= 11 is 3.18. The molecule has 5 N–H and O–H groups in total. The van der Waals surface area contributed by atoms with Crippen molar-refractivity contribution in [1.29, 1.82) is 0 Å². The van der Waals surface area contributed by atoms with E-state index in [0.717, 1.165) is 28.0 Å². The number of thiophene rings is 1. The molecule has 4 heterocycles. The highest BCUT2D eigenvalue weighted by Crippen LogP contribution is 2.53. The Morgan fingerprint density at radius 3 is 2.35 bits per heavy atom. The van der Waals surface area contributed by atoms with Gasteiger partial charge in [0.1, 0.15) is 11.8 Å². The van der Waals surface area contributed by atoms with E-state index in [9.17, 15) is 32.4 Å². The van der Waals surface area contributed by atoms with Crippen molar-refractivity contribution in [3.63, 3.8) is 0 Å². The van der Waals surface area contributed by atoms with Crippen LogP contribution in [0.4, 0.5) is 10.5 Å². The van der Waals surface area contributed by atoms with Gasteiger partial charge < -0.3 is 11.1 Å². The molecule has 3 aromatic rings. The van der Waals surface area contributed by atoms with Crippen LogP contribution in [0.5, 0.6) is 0 Å². The molecule has 12 nitrogen and oxygen atoms in total. The molecule has 3 atom stereocenters. The number of thioether (sulfide) groups is 1. The number of hydrogen-bond donors (Lipinski definition) is 3. The monoisotopic (exact) mass is 579 g/mol. The number of hydrogen-bond acceptors (Lipinski definition) is 10. The summed E-state index contributed by atoms with van der Waals surface area (Å²) < 4.78 is 24.1. The van der Waals surface area contributed by atoms with Gasteiger partial charge in [-0.1, -0.05) is 29.2 Å². The van der Waals surface area contributed by atoms with Gasteiger partial charge in [0.25, 0.3) is 5.91 Å². The molecule has 16 heteroatoms. The third kappa shape index (κ3) is 4.40. The van der Waals surface area contributed by atoms with Crippen LogP contribution in [0.2, 0.25) is 0 Å². The van der Waals surface area contributed by atoms with Gasteiger partial charge in [0, 0.05) is 21.4 Å². The number of anilines is 1. The average molecular weight is 580 g/mol. The molecule has 0 saturated carbocycles. The number of likely N-dealkylation sites (tertiary alicyclic amines) is 1. The van der Waals surface area contributed by atoms with Crippen molar-refractivity contribution in [2.45, 2.75) is 27.6 Å². The number of thiazole rings is 1. The lowest BCUT2D eigenvalue weighted by Gasteiger charge is -2.29. The number of rotatable bonds is 5. The van der Waals surface area contributed by atoms with Gasteiger partial charge in [-0.2, -0.15) is 4.90 Å². The van der Waals surface area contributed by atoms with E-state index in [0.29, 0.717) is 14.8 Å². The number of primary sulfonamides is 1. The first kappa shape index (κ1) is 25.3. The van der Waals surface area contributed by atoms with Crippen molar-refractivity contribution in [2.24, 2.45) is 16.8 Å². The van der Waals surface area contributed by atoms with Gasteiger partial charge in [0.05, 0.1) is 15.8 Å². The van der Waals surface area contributed by atoms with Crippen LogP contribution in [0.1, 0.15) is 15.7 Å². The quantitative estimate of drug-likeness (QED) is 0.372. The first-order valence-corrected chi connectivity index (χ1v) is 14.6. The number of nitrogens with one attached hydrogen (secondary N) is 1. The molecule has 1 saturated heterocycles. The molecule has 1 aromatic carbocycles. The smallest absolute Gasteiger partial charge is 0.328 e. The van der Waals surface area contributed by atoms with Crippen molar-refractivity contribution in [1.82, 2.24) is 9.47 Å². The first-order valence-electron chi connectivity index (χ1n) is 10.5. The molecule has 2 aliphatic heterocycles. The predicted octanol–water partition coefficient (Wildman–Crippen LogP) is 0.927. The third-order valence-electron chi connectivity index (χ3n) is 5.89. The molecule has 2 aromatic heterocycles. The number of aromatic nitrogens is 1. The second kappa shape index (κ2) is 9.21. The Hall–Kier alpha value is -3.31. The summed E-state index contributed by atoms with van der Waals surface area (Å²) in [5.74, 6) is -3.63. The van der Waals surface area contributed by atoms with E-state index in [4.69, 9.17) is 10.9 Å². The van der Waals surface area contributed by atoms with Crippen molar-refractivity contribution in [2.75, 3.05) is 5.32 Å². The Kier molecular flexibility index (Phi) is 6.31. The Balaban J connectivity index is 1.48. The van der Waals surface area contributed by atoms with Gasteiger partial charge in [-0.15, -0.1) is 11.3 Å². The lowest BCUT2D eigenvalue weighted by atomic mass is 9.87. The minimum absolute atomic E-state index is 0.125. The van der Waals surface area contributed by atoms with Crippen molar-refractivity contribution in [3.8, 4) is 0 Å². The molecule has 5 amide bonds. The molecular weight excluding hydrogens is 563 g/mol. The topological polar surface area (TPSA) is 192 Å². The molecule has 2 aliphatic rings. The lowest BCUT2D eigenvalue weighted by Crippen LogP contribution is -2.41. The van der Waals surface area contributed by atoms with Crippen molar-refractivity contribution >= 4 is 73.9 Å². The number of carbonyl (C=O) groups is 4.